The summed E-state index contributed by atoms with van der Waals surface area (Å²) in [6.45, 7) is 1.82. The van der Waals surface area contributed by atoms with Crippen LogP contribution in [0.1, 0.15) is 32.1 Å². The Balaban J connectivity index is 2.07. The van der Waals surface area contributed by atoms with Crippen molar-refractivity contribution < 1.29 is 9.63 Å². The number of hydrogen-bond donors (Lipinski definition) is 2. The molecule has 0 spiro atoms. The highest BCUT2D eigenvalue weighted by molar-refractivity contribution is 5.69. The van der Waals surface area contributed by atoms with Crippen LogP contribution in [-0.4, -0.2) is 31.0 Å². The highest BCUT2D eigenvalue weighted by Gasteiger charge is 2.17. The van der Waals surface area contributed by atoms with Gasteiger partial charge in [0, 0.05) is 13.1 Å². The largest absolute Gasteiger partial charge is 0.356 e. The summed E-state index contributed by atoms with van der Waals surface area (Å²) < 4.78 is 0. The maximum absolute atomic E-state index is 11.0. The Labute approximate surface area is 90.9 Å². The molecule has 0 aliphatic heterocycles. The quantitative estimate of drug-likeness (QED) is 0.496. The fraction of sp³-hybridized carbons (Fsp3) is 0.900. The standard InChI is InChI=1S/C10H21N3O2/c1-13(7-6-10(14)15-12-11)8-9-4-2-3-5-9/h9,12H,2-8,11H2,1H3. The van der Waals surface area contributed by atoms with Crippen molar-refractivity contribution in [3.8, 4) is 0 Å². The summed E-state index contributed by atoms with van der Waals surface area (Å²) in [5, 5.41) is 0. The van der Waals surface area contributed by atoms with E-state index in [0.29, 0.717) is 6.42 Å². The van der Waals surface area contributed by atoms with E-state index in [0.717, 1.165) is 19.0 Å². The zero-order chi connectivity index (χ0) is 11.1. The SMILES string of the molecule is CN(CCC(=O)ONN)CC1CCCC1. The summed E-state index contributed by atoms with van der Waals surface area (Å²) in [5.41, 5.74) is 1.90. The smallest absolute Gasteiger partial charge is 0.327 e. The first-order valence-electron chi connectivity index (χ1n) is 5.56. The van der Waals surface area contributed by atoms with Crippen LogP contribution >= 0.6 is 0 Å². The number of nitrogens with zero attached hydrogens (tertiary/aromatic N) is 1. The number of nitrogens with one attached hydrogen (secondary N) is 1. The van der Waals surface area contributed by atoms with E-state index >= 15 is 0 Å². The normalized spacial score (nSPS) is 17.3. The molecule has 3 N–H and O–H groups in total. The van der Waals surface area contributed by atoms with E-state index in [4.69, 9.17) is 5.84 Å². The van der Waals surface area contributed by atoms with Gasteiger partial charge >= 0.3 is 5.97 Å². The molecule has 0 saturated heterocycles. The first kappa shape index (κ1) is 12.4. The fourth-order valence-electron chi connectivity index (χ4n) is 2.12. The molecular weight excluding hydrogens is 194 g/mol. The number of rotatable bonds is 6. The van der Waals surface area contributed by atoms with Crippen molar-refractivity contribution in [2.45, 2.75) is 32.1 Å². The van der Waals surface area contributed by atoms with Crippen molar-refractivity contribution >= 4 is 5.97 Å². The molecule has 1 fully saturated rings. The van der Waals surface area contributed by atoms with Crippen molar-refractivity contribution in [3.05, 3.63) is 0 Å². The highest BCUT2D eigenvalue weighted by Crippen LogP contribution is 2.25. The first-order valence-corrected chi connectivity index (χ1v) is 5.56. The highest BCUT2D eigenvalue weighted by atomic mass is 16.7. The Morgan fingerprint density at radius 3 is 2.80 bits per heavy atom. The number of hydrogen-bond acceptors (Lipinski definition) is 5. The third kappa shape index (κ3) is 5.11. The Morgan fingerprint density at radius 1 is 1.53 bits per heavy atom. The van der Waals surface area contributed by atoms with Crippen LogP contribution < -0.4 is 11.4 Å². The molecule has 0 aromatic carbocycles. The Morgan fingerprint density at radius 2 is 2.20 bits per heavy atom. The van der Waals surface area contributed by atoms with E-state index in [-0.39, 0.29) is 5.97 Å². The first-order chi connectivity index (χ1) is 7.22. The molecule has 0 aromatic heterocycles. The zero-order valence-electron chi connectivity index (χ0n) is 9.37. The molecule has 0 unspecified atom stereocenters. The summed E-state index contributed by atoms with van der Waals surface area (Å²) in [5.74, 6) is 5.37. The molecule has 1 saturated carbocycles. The van der Waals surface area contributed by atoms with Gasteiger partial charge in [-0.05, 0) is 25.8 Å². The molecule has 5 nitrogen and oxygen atoms in total. The van der Waals surface area contributed by atoms with Gasteiger partial charge in [-0.2, -0.15) is 0 Å². The maximum Gasteiger partial charge on any atom is 0.327 e. The van der Waals surface area contributed by atoms with Gasteiger partial charge in [-0.25, -0.2) is 5.84 Å². The van der Waals surface area contributed by atoms with Crippen LogP contribution in [0, 0.1) is 5.92 Å². The molecule has 0 atom stereocenters. The van der Waals surface area contributed by atoms with Gasteiger partial charge in [0.25, 0.3) is 0 Å². The van der Waals surface area contributed by atoms with Crippen LogP contribution in [0.25, 0.3) is 0 Å². The molecule has 5 heteroatoms. The summed E-state index contributed by atoms with van der Waals surface area (Å²) in [6, 6.07) is 0. The van der Waals surface area contributed by atoms with Gasteiger partial charge in [-0.15, -0.1) is 0 Å². The van der Waals surface area contributed by atoms with Gasteiger partial charge in [0.1, 0.15) is 0 Å². The molecule has 0 aromatic rings. The second kappa shape index (κ2) is 6.76. The van der Waals surface area contributed by atoms with E-state index in [1.807, 2.05) is 12.6 Å². The lowest BCUT2D eigenvalue weighted by molar-refractivity contribution is -0.151. The minimum absolute atomic E-state index is 0.309. The molecule has 1 aliphatic rings. The van der Waals surface area contributed by atoms with E-state index in [1.165, 1.54) is 25.7 Å². The summed E-state index contributed by atoms with van der Waals surface area (Å²) in [7, 11) is 2.04. The molecule has 15 heavy (non-hydrogen) atoms. The molecule has 0 radical (unpaired) electrons. The predicted molar refractivity (Wildman–Crippen MR) is 57.5 cm³/mol. The number of carbonyl (C=O) groups is 1. The van der Waals surface area contributed by atoms with Gasteiger partial charge in [0.05, 0.1) is 6.42 Å². The van der Waals surface area contributed by atoms with Crippen LogP contribution in [0.3, 0.4) is 0 Å². The zero-order valence-corrected chi connectivity index (χ0v) is 9.37. The predicted octanol–water partition coefficient (Wildman–Crippen LogP) is 0.420. The van der Waals surface area contributed by atoms with Crippen LogP contribution in [0.4, 0.5) is 0 Å². The number of nitrogens with two attached hydrogens (primary N) is 1. The van der Waals surface area contributed by atoms with E-state index in [1.54, 1.807) is 0 Å². The maximum atomic E-state index is 11.0. The van der Waals surface area contributed by atoms with Crippen molar-refractivity contribution in [2.75, 3.05) is 20.1 Å². The Bertz CT molecular complexity index is 193. The molecule has 1 rings (SSSR count). The van der Waals surface area contributed by atoms with E-state index in [9.17, 15) is 4.79 Å². The van der Waals surface area contributed by atoms with Gasteiger partial charge in [0.15, 0.2) is 0 Å². The van der Waals surface area contributed by atoms with Crippen molar-refractivity contribution in [1.82, 2.24) is 10.5 Å². The molecule has 0 amide bonds. The number of hydrazine groups is 1. The van der Waals surface area contributed by atoms with Crippen molar-refractivity contribution in [1.29, 1.82) is 0 Å². The van der Waals surface area contributed by atoms with Gasteiger partial charge in [-0.1, -0.05) is 18.4 Å². The van der Waals surface area contributed by atoms with Crippen LogP contribution in [0.2, 0.25) is 0 Å². The van der Waals surface area contributed by atoms with Crippen molar-refractivity contribution in [2.24, 2.45) is 11.8 Å². The second-order valence-electron chi connectivity index (χ2n) is 4.25. The monoisotopic (exact) mass is 215 g/mol. The number of carbonyl (C=O) groups excluding carboxylic acids is 1. The topological polar surface area (TPSA) is 67.6 Å². The fourth-order valence-corrected chi connectivity index (χ4v) is 2.12. The average molecular weight is 215 g/mol. The molecule has 1 aliphatic carbocycles. The van der Waals surface area contributed by atoms with E-state index in [2.05, 4.69) is 9.74 Å². The van der Waals surface area contributed by atoms with Gasteiger partial charge < -0.3 is 9.74 Å². The third-order valence-corrected chi connectivity index (χ3v) is 2.92. The van der Waals surface area contributed by atoms with Gasteiger partial charge in [-0.3, -0.25) is 4.79 Å². The van der Waals surface area contributed by atoms with Gasteiger partial charge in [0.2, 0.25) is 0 Å². The lowest BCUT2D eigenvalue weighted by Gasteiger charge is -2.19. The van der Waals surface area contributed by atoms with Crippen LogP contribution in [0.15, 0.2) is 0 Å². The molecule has 0 heterocycles. The van der Waals surface area contributed by atoms with Crippen LogP contribution in [-0.2, 0) is 9.63 Å². The Kier molecular flexibility index (Phi) is 5.60. The minimum Gasteiger partial charge on any atom is -0.356 e. The summed E-state index contributed by atoms with van der Waals surface area (Å²) >= 11 is 0. The third-order valence-electron chi connectivity index (χ3n) is 2.92. The van der Waals surface area contributed by atoms with Crippen molar-refractivity contribution in [3.63, 3.8) is 0 Å². The molecule has 88 valence electrons. The van der Waals surface area contributed by atoms with Crippen LogP contribution in [0.5, 0.6) is 0 Å². The lowest BCUT2D eigenvalue weighted by atomic mass is 10.1. The summed E-state index contributed by atoms with van der Waals surface area (Å²) in [6.07, 6.45) is 5.76. The lowest BCUT2D eigenvalue weighted by Crippen LogP contribution is -2.30. The average Bonchev–Trinajstić information content (AvgIpc) is 2.68. The second-order valence-corrected chi connectivity index (χ2v) is 4.25. The minimum atomic E-state index is -0.309. The Hall–Kier alpha value is -0.650. The molecular formula is C10H21N3O2. The molecule has 0 bridgehead atoms. The van der Waals surface area contributed by atoms with E-state index < -0.39 is 0 Å². The summed E-state index contributed by atoms with van der Waals surface area (Å²) in [4.78, 5) is 17.6.